The quantitative estimate of drug-likeness (QED) is 0.614. The van der Waals surface area contributed by atoms with Crippen LogP contribution in [-0.4, -0.2) is 10.7 Å². The Kier molecular flexibility index (Phi) is 3.84. The minimum Gasteiger partial charge on any atom is -0.404 e. The minimum atomic E-state index is 0.536. The monoisotopic (exact) mass is 328 g/mol. The Morgan fingerprint density at radius 2 is 2.27 bits per heavy atom. The van der Waals surface area contributed by atoms with Crippen molar-refractivity contribution in [2.24, 2.45) is 10.7 Å². The molecule has 1 rings (SSSR count). The highest BCUT2D eigenvalue weighted by Crippen LogP contribution is 2.24. The fourth-order valence-corrected chi connectivity index (χ4v) is 1.37. The summed E-state index contributed by atoms with van der Waals surface area (Å²) in [6, 6.07) is 0.536. The number of hydrogen-bond donors (Lipinski definition) is 1. The van der Waals surface area contributed by atoms with Gasteiger partial charge in [-0.1, -0.05) is 0 Å². The van der Waals surface area contributed by atoms with Gasteiger partial charge in [-0.15, -0.1) is 0 Å². The Morgan fingerprint density at radius 3 is 2.64 bits per heavy atom. The van der Waals surface area contributed by atoms with Gasteiger partial charge in [-0.05, 0) is 57.8 Å². The molecular formula is C7H10BrIN2. The van der Waals surface area contributed by atoms with E-state index in [0.29, 0.717) is 6.04 Å². The average molecular weight is 329 g/mol. The second kappa shape index (κ2) is 4.45. The Morgan fingerprint density at radius 1 is 1.64 bits per heavy atom. The van der Waals surface area contributed by atoms with Gasteiger partial charge in [-0.2, -0.15) is 0 Å². The predicted octanol–water partition coefficient (Wildman–Crippen LogP) is 2.57. The summed E-state index contributed by atoms with van der Waals surface area (Å²) in [5, 5.41) is 0. The maximum Gasteiger partial charge on any atom is 0.115 e. The molecule has 0 amide bonds. The Labute approximate surface area is 88.6 Å². The van der Waals surface area contributed by atoms with Gasteiger partial charge in [0.25, 0.3) is 0 Å². The number of halogens is 2. The van der Waals surface area contributed by atoms with Gasteiger partial charge in [0.1, 0.15) is 4.62 Å². The average Bonchev–Trinajstić information content (AvgIpc) is 1.94. The molecule has 0 aromatic rings. The first-order valence-electron chi connectivity index (χ1n) is 3.55. The van der Waals surface area contributed by atoms with Crippen molar-refractivity contribution in [3.05, 3.63) is 9.78 Å². The summed E-state index contributed by atoms with van der Waals surface area (Å²) in [4.78, 5) is 4.43. The SMILES string of the molecule is NC=C(I)C(Br)=NC1CCC1. The molecule has 0 aromatic carbocycles. The standard InChI is InChI=1S/C7H10BrIN2/c8-7(6(9)4-10)11-5-2-1-3-5/h4-5H,1-3,10H2. The highest BCUT2D eigenvalue weighted by molar-refractivity contribution is 14.1. The summed E-state index contributed by atoms with van der Waals surface area (Å²) in [5.41, 5.74) is 5.33. The number of aliphatic imine (C=N–C) groups is 1. The first-order chi connectivity index (χ1) is 5.24. The van der Waals surface area contributed by atoms with E-state index in [1.54, 1.807) is 6.20 Å². The number of rotatable bonds is 2. The number of hydrogen-bond acceptors (Lipinski definition) is 2. The van der Waals surface area contributed by atoms with E-state index >= 15 is 0 Å². The summed E-state index contributed by atoms with van der Waals surface area (Å²) in [7, 11) is 0. The summed E-state index contributed by atoms with van der Waals surface area (Å²) >= 11 is 5.54. The van der Waals surface area contributed by atoms with Crippen LogP contribution < -0.4 is 5.73 Å². The lowest BCUT2D eigenvalue weighted by atomic mass is 9.94. The van der Waals surface area contributed by atoms with E-state index in [-0.39, 0.29) is 0 Å². The molecule has 0 heterocycles. The van der Waals surface area contributed by atoms with Crippen molar-refractivity contribution >= 4 is 43.1 Å². The first-order valence-corrected chi connectivity index (χ1v) is 5.42. The molecule has 0 saturated heterocycles. The minimum absolute atomic E-state index is 0.536. The van der Waals surface area contributed by atoms with Crippen molar-refractivity contribution < 1.29 is 0 Å². The highest BCUT2D eigenvalue weighted by Gasteiger charge is 2.16. The fraction of sp³-hybridized carbons (Fsp3) is 0.571. The molecule has 4 heteroatoms. The Hall–Kier alpha value is 0.420. The summed E-state index contributed by atoms with van der Waals surface area (Å²) in [5.74, 6) is 0. The molecule has 11 heavy (non-hydrogen) atoms. The van der Waals surface area contributed by atoms with Crippen LogP contribution in [0.3, 0.4) is 0 Å². The van der Waals surface area contributed by atoms with Crippen LogP contribution in [0.4, 0.5) is 0 Å². The second-order valence-electron chi connectivity index (χ2n) is 2.52. The third-order valence-electron chi connectivity index (χ3n) is 1.71. The summed E-state index contributed by atoms with van der Waals surface area (Å²) < 4.78 is 1.87. The molecule has 0 aliphatic heterocycles. The van der Waals surface area contributed by atoms with Gasteiger partial charge in [0.05, 0.1) is 9.62 Å². The van der Waals surface area contributed by atoms with Crippen molar-refractivity contribution in [3.63, 3.8) is 0 Å². The van der Waals surface area contributed by atoms with Crippen molar-refractivity contribution in [2.75, 3.05) is 0 Å². The van der Waals surface area contributed by atoms with Crippen LogP contribution in [-0.2, 0) is 0 Å². The topological polar surface area (TPSA) is 38.4 Å². The van der Waals surface area contributed by atoms with Gasteiger partial charge in [-0.3, -0.25) is 4.99 Å². The van der Waals surface area contributed by atoms with E-state index in [2.05, 4.69) is 43.5 Å². The van der Waals surface area contributed by atoms with Crippen molar-refractivity contribution in [1.29, 1.82) is 0 Å². The van der Waals surface area contributed by atoms with E-state index in [9.17, 15) is 0 Å². The molecular weight excluding hydrogens is 319 g/mol. The van der Waals surface area contributed by atoms with Gasteiger partial charge in [0.15, 0.2) is 0 Å². The fourth-order valence-electron chi connectivity index (χ4n) is 0.807. The molecule has 0 radical (unpaired) electrons. The molecule has 1 aliphatic rings. The van der Waals surface area contributed by atoms with Crippen molar-refractivity contribution in [2.45, 2.75) is 25.3 Å². The lowest BCUT2D eigenvalue weighted by Gasteiger charge is -2.21. The van der Waals surface area contributed by atoms with Gasteiger partial charge >= 0.3 is 0 Å². The van der Waals surface area contributed by atoms with E-state index in [4.69, 9.17) is 5.73 Å². The van der Waals surface area contributed by atoms with Crippen LogP contribution >= 0.6 is 38.5 Å². The van der Waals surface area contributed by atoms with E-state index < -0.39 is 0 Å². The Bertz CT molecular complexity index is 197. The lowest BCUT2D eigenvalue weighted by molar-refractivity contribution is 0.421. The zero-order valence-electron chi connectivity index (χ0n) is 6.06. The van der Waals surface area contributed by atoms with Crippen molar-refractivity contribution in [3.8, 4) is 0 Å². The lowest BCUT2D eigenvalue weighted by Crippen LogP contribution is -2.16. The zero-order chi connectivity index (χ0) is 8.27. The molecule has 1 saturated carbocycles. The van der Waals surface area contributed by atoms with Crippen LogP contribution in [0.5, 0.6) is 0 Å². The van der Waals surface area contributed by atoms with E-state index in [1.807, 2.05) is 0 Å². The molecule has 0 aromatic heterocycles. The molecule has 1 aliphatic carbocycles. The molecule has 1 fully saturated rings. The smallest absolute Gasteiger partial charge is 0.115 e. The van der Waals surface area contributed by atoms with E-state index in [0.717, 1.165) is 8.20 Å². The molecule has 0 unspecified atom stereocenters. The summed E-state index contributed by atoms with van der Waals surface area (Å²) in [6.45, 7) is 0. The molecule has 62 valence electrons. The molecule has 0 atom stereocenters. The molecule has 2 N–H and O–H groups in total. The second-order valence-corrected chi connectivity index (χ2v) is 4.43. The third kappa shape index (κ3) is 2.74. The summed E-state index contributed by atoms with van der Waals surface area (Å²) in [6.07, 6.45) is 5.33. The van der Waals surface area contributed by atoms with Gasteiger partial charge in [0.2, 0.25) is 0 Å². The number of nitrogens with zero attached hydrogens (tertiary/aromatic N) is 1. The van der Waals surface area contributed by atoms with Crippen LogP contribution in [0.15, 0.2) is 14.8 Å². The van der Waals surface area contributed by atoms with Crippen LogP contribution in [0.25, 0.3) is 0 Å². The largest absolute Gasteiger partial charge is 0.404 e. The zero-order valence-corrected chi connectivity index (χ0v) is 9.80. The van der Waals surface area contributed by atoms with Gasteiger partial charge in [-0.25, -0.2) is 0 Å². The van der Waals surface area contributed by atoms with Crippen LogP contribution in [0.1, 0.15) is 19.3 Å². The molecule has 0 bridgehead atoms. The van der Waals surface area contributed by atoms with Crippen LogP contribution in [0, 0.1) is 0 Å². The number of nitrogens with two attached hydrogens (primary N) is 1. The molecule has 2 nitrogen and oxygen atoms in total. The van der Waals surface area contributed by atoms with Gasteiger partial charge in [0, 0.05) is 6.20 Å². The first kappa shape index (κ1) is 9.51. The Balaban J connectivity index is 2.50. The van der Waals surface area contributed by atoms with Crippen LogP contribution in [0.2, 0.25) is 0 Å². The predicted molar refractivity (Wildman–Crippen MR) is 60.3 cm³/mol. The van der Waals surface area contributed by atoms with E-state index in [1.165, 1.54) is 19.3 Å². The van der Waals surface area contributed by atoms with Crippen molar-refractivity contribution in [1.82, 2.24) is 0 Å². The third-order valence-corrected chi connectivity index (χ3v) is 3.96. The van der Waals surface area contributed by atoms with Gasteiger partial charge < -0.3 is 5.73 Å². The maximum atomic E-state index is 5.33. The number of allylic oxidation sites excluding steroid dienone is 1. The maximum absolute atomic E-state index is 5.33. The highest BCUT2D eigenvalue weighted by atomic mass is 127. The molecule has 0 spiro atoms. The normalized spacial score (nSPS) is 21.6.